The first-order valence-electron chi connectivity index (χ1n) is 6.56. The fourth-order valence-corrected chi connectivity index (χ4v) is 3.21. The van der Waals surface area contributed by atoms with Gasteiger partial charge in [0.15, 0.2) is 0 Å². The molecule has 0 saturated carbocycles. The van der Waals surface area contributed by atoms with Crippen LogP contribution in [-0.4, -0.2) is 30.3 Å². The molecule has 1 unspecified atom stereocenters. The molecule has 0 aliphatic carbocycles. The summed E-state index contributed by atoms with van der Waals surface area (Å²) >= 11 is 1.50. The molecule has 0 bridgehead atoms. The highest BCUT2D eigenvalue weighted by Crippen LogP contribution is 2.40. The zero-order valence-electron chi connectivity index (χ0n) is 11.6. The first kappa shape index (κ1) is 14.7. The van der Waals surface area contributed by atoms with E-state index in [0.717, 1.165) is 10.6 Å². The fraction of sp³-hybridized carbons (Fsp3) is 0.429. The molecular weight excluding hydrogens is 276 g/mol. The molecule has 0 aromatic heterocycles. The molecule has 5 nitrogen and oxygen atoms in total. The number of thioether (sulfide) groups is 1. The van der Waals surface area contributed by atoms with E-state index in [1.54, 1.807) is 17.9 Å². The Kier molecular flexibility index (Phi) is 4.54. The van der Waals surface area contributed by atoms with Gasteiger partial charge in [-0.3, -0.25) is 9.59 Å². The summed E-state index contributed by atoms with van der Waals surface area (Å²) in [6.07, 6.45) is 0.195. The fourth-order valence-electron chi connectivity index (χ4n) is 2.09. The number of esters is 1. The normalized spacial score (nSPS) is 17.8. The number of rotatable bonds is 4. The van der Waals surface area contributed by atoms with E-state index in [2.05, 4.69) is 0 Å². The lowest BCUT2D eigenvalue weighted by Gasteiger charge is -2.32. The number of amides is 1. The van der Waals surface area contributed by atoms with Gasteiger partial charge in [0.25, 0.3) is 0 Å². The average molecular weight is 294 g/mol. The maximum atomic E-state index is 12.3. The van der Waals surface area contributed by atoms with Crippen molar-refractivity contribution >= 4 is 35.0 Å². The average Bonchev–Trinajstić information content (AvgIpc) is 2.40. The van der Waals surface area contributed by atoms with Crippen LogP contribution < -0.4 is 10.6 Å². The van der Waals surface area contributed by atoms with E-state index in [4.69, 9.17) is 10.5 Å². The Hall–Kier alpha value is -1.69. The van der Waals surface area contributed by atoms with Crippen molar-refractivity contribution in [1.29, 1.82) is 0 Å². The van der Waals surface area contributed by atoms with Gasteiger partial charge in [0, 0.05) is 17.1 Å². The van der Waals surface area contributed by atoms with Crippen LogP contribution in [0.4, 0.5) is 11.4 Å². The molecule has 1 aliphatic heterocycles. The summed E-state index contributed by atoms with van der Waals surface area (Å²) in [5, 5.41) is -0.175. The van der Waals surface area contributed by atoms with Gasteiger partial charge >= 0.3 is 5.97 Å². The molecule has 1 aromatic rings. The van der Waals surface area contributed by atoms with Gasteiger partial charge in [0.2, 0.25) is 5.91 Å². The van der Waals surface area contributed by atoms with Crippen molar-refractivity contribution in [3.63, 3.8) is 0 Å². The number of hydrogen-bond donors (Lipinski definition) is 1. The van der Waals surface area contributed by atoms with Crippen LogP contribution in [0.15, 0.2) is 23.1 Å². The maximum absolute atomic E-state index is 12.3. The van der Waals surface area contributed by atoms with E-state index < -0.39 is 0 Å². The van der Waals surface area contributed by atoms with Gasteiger partial charge in [-0.1, -0.05) is 0 Å². The molecule has 1 amide bonds. The van der Waals surface area contributed by atoms with Crippen LogP contribution in [0.3, 0.4) is 0 Å². The molecule has 0 saturated heterocycles. The van der Waals surface area contributed by atoms with Crippen molar-refractivity contribution in [2.45, 2.75) is 30.4 Å². The van der Waals surface area contributed by atoms with Crippen LogP contribution in [0.5, 0.6) is 0 Å². The van der Waals surface area contributed by atoms with Crippen molar-refractivity contribution in [3.05, 3.63) is 18.2 Å². The van der Waals surface area contributed by atoms with Gasteiger partial charge in [-0.15, -0.1) is 11.8 Å². The Morgan fingerprint density at radius 2 is 2.25 bits per heavy atom. The molecule has 6 heteroatoms. The zero-order chi connectivity index (χ0) is 14.7. The molecule has 108 valence electrons. The molecule has 0 spiro atoms. The van der Waals surface area contributed by atoms with E-state index in [-0.39, 0.29) is 23.5 Å². The molecule has 0 fully saturated rings. The van der Waals surface area contributed by atoms with Gasteiger partial charge in [0.05, 0.1) is 24.0 Å². The summed E-state index contributed by atoms with van der Waals surface area (Å²) in [5.74, 6) is -0.278. The Morgan fingerprint density at radius 1 is 1.50 bits per heavy atom. The first-order chi connectivity index (χ1) is 9.52. The first-order valence-corrected chi connectivity index (χ1v) is 7.44. The Balaban J connectivity index is 2.19. The van der Waals surface area contributed by atoms with Crippen molar-refractivity contribution < 1.29 is 14.3 Å². The maximum Gasteiger partial charge on any atom is 0.307 e. The topological polar surface area (TPSA) is 72.6 Å². The lowest BCUT2D eigenvalue weighted by molar-refractivity contribution is -0.142. The van der Waals surface area contributed by atoms with E-state index in [9.17, 15) is 9.59 Å². The third-order valence-electron chi connectivity index (χ3n) is 3.04. The summed E-state index contributed by atoms with van der Waals surface area (Å²) in [5.41, 5.74) is 7.26. The minimum atomic E-state index is -0.289. The summed E-state index contributed by atoms with van der Waals surface area (Å²) in [6.45, 7) is 4.31. The number of hydrogen-bond acceptors (Lipinski definition) is 5. The third-order valence-corrected chi connectivity index (χ3v) is 4.17. The zero-order valence-corrected chi connectivity index (χ0v) is 12.4. The van der Waals surface area contributed by atoms with Crippen molar-refractivity contribution in [3.8, 4) is 0 Å². The molecule has 1 atom stereocenters. The second-order valence-corrected chi connectivity index (χ2v) is 5.91. The van der Waals surface area contributed by atoms with Crippen molar-refractivity contribution in [2.24, 2.45) is 0 Å². The van der Waals surface area contributed by atoms with E-state index >= 15 is 0 Å². The van der Waals surface area contributed by atoms with Crippen LogP contribution in [0, 0.1) is 0 Å². The molecule has 2 N–H and O–H groups in total. The van der Waals surface area contributed by atoms with E-state index in [1.165, 1.54) is 11.8 Å². The van der Waals surface area contributed by atoms with Gasteiger partial charge in [0.1, 0.15) is 0 Å². The number of anilines is 2. The molecule has 1 heterocycles. The summed E-state index contributed by atoms with van der Waals surface area (Å²) < 4.78 is 4.90. The van der Waals surface area contributed by atoms with Gasteiger partial charge in [-0.2, -0.15) is 0 Å². The standard InChI is InChI=1S/C14H18N2O3S/c1-3-19-13(17)6-7-16-11-5-4-10(15)8-12(11)20-9(2)14(16)18/h4-5,8-9H,3,6-7,15H2,1-2H3. The second-order valence-electron chi connectivity index (χ2n) is 4.53. The van der Waals surface area contributed by atoms with Crippen molar-refractivity contribution in [2.75, 3.05) is 23.8 Å². The molecule has 20 heavy (non-hydrogen) atoms. The minimum Gasteiger partial charge on any atom is -0.466 e. The number of carbonyl (C=O) groups excluding carboxylic acids is 2. The number of fused-ring (bicyclic) bond motifs is 1. The number of nitrogen functional groups attached to an aromatic ring is 1. The Morgan fingerprint density at radius 3 is 2.95 bits per heavy atom. The smallest absolute Gasteiger partial charge is 0.307 e. The lowest BCUT2D eigenvalue weighted by atomic mass is 10.2. The number of ether oxygens (including phenoxy) is 1. The van der Waals surface area contributed by atoms with E-state index in [1.807, 2.05) is 19.1 Å². The second kappa shape index (κ2) is 6.17. The van der Waals surface area contributed by atoms with Crippen LogP contribution in [-0.2, 0) is 14.3 Å². The highest BCUT2D eigenvalue weighted by atomic mass is 32.2. The highest BCUT2D eigenvalue weighted by molar-refractivity contribution is 8.01. The Labute approximate surface area is 122 Å². The third kappa shape index (κ3) is 3.07. The Bertz CT molecular complexity index is 533. The number of nitrogens with two attached hydrogens (primary N) is 1. The lowest BCUT2D eigenvalue weighted by Crippen LogP contribution is -2.41. The van der Waals surface area contributed by atoms with Gasteiger partial charge in [-0.25, -0.2) is 0 Å². The molecule has 1 aliphatic rings. The summed E-state index contributed by atoms with van der Waals surface area (Å²) in [6, 6.07) is 5.45. The van der Waals surface area contributed by atoms with Crippen LogP contribution in [0.1, 0.15) is 20.3 Å². The number of nitrogens with zero attached hydrogens (tertiary/aromatic N) is 1. The number of carbonyl (C=O) groups is 2. The van der Waals surface area contributed by atoms with E-state index in [0.29, 0.717) is 18.8 Å². The predicted molar refractivity (Wildman–Crippen MR) is 79.8 cm³/mol. The van der Waals surface area contributed by atoms with Crippen LogP contribution in [0.25, 0.3) is 0 Å². The highest BCUT2D eigenvalue weighted by Gasteiger charge is 2.30. The van der Waals surface area contributed by atoms with Crippen LogP contribution >= 0.6 is 11.8 Å². The summed E-state index contributed by atoms with van der Waals surface area (Å²) in [7, 11) is 0. The molecular formula is C14H18N2O3S. The van der Waals surface area contributed by atoms with Crippen molar-refractivity contribution in [1.82, 2.24) is 0 Å². The van der Waals surface area contributed by atoms with Gasteiger partial charge < -0.3 is 15.4 Å². The van der Waals surface area contributed by atoms with Gasteiger partial charge in [-0.05, 0) is 32.0 Å². The SMILES string of the molecule is CCOC(=O)CCN1C(=O)C(C)Sc2cc(N)ccc21. The number of benzene rings is 1. The molecule has 2 rings (SSSR count). The monoisotopic (exact) mass is 294 g/mol. The quantitative estimate of drug-likeness (QED) is 0.679. The largest absolute Gasteiger partial charge is 0.466 e. The molecule has 0 radical (unpaired) electrons. The minimum absolute atomic E-state index is 0.0107. The van der Waals surface area contributed by atoms with Crippen LogP contribution in [0.2, 0.25) is 0 Å². The summed E-state index contributed by atoms with van der Waals surface area (Å²) in [4.78, 5) is 26.3. The molecule has 1 aromatic carbocycles. The predicted octanol–water partition coefficient (Wildman–Crippen LogP) is 2.05.